The second-order valence-electron chi connectivity index (χ2n) is 5.23. The van der Waals surface area contributed by atoms with Crippen LogP contribution in [0.5, 0.6) is 0 Å². The van der Waals surface area contributed by atoms with Gasteiger partial charge in [-0.15, -0.1) is 0 Å². The van der Waals surface area contributed by atoms with E-state index in [4.69, 9.17) is 0 Å². The molecule has 0 radical (unpaired) electrons. The van der Waals surface area contributed by atoms with Gasteiger partial charge in [-0.2, -0.15) is 13.2 Å². The van der Waals surface area contributed by atoms with Crippen molar-refractivity contribution in [2.45, 2.75) is 50.1 Å². The monoisotopic (exact) mass is 320 g/mol. The second-order valence-corrected chi connectivity index (χ2v) is 7.23. The molecular weight excluding hydrogens is 301 g/mol. The van der Waals surface area contributed by atoms with Gasteiger partial charge in [-0.1, -0.05) is 13.3 Å². The summed E-state index contributed by atoms with van der Waals surface area (Å²) < 4.78 is 49.9. The van der Waals surface area contributed by atoms with E-state index >= 15 is 0 Å². The van der Waals surface area contributed by atoms with Gasteiger partial charge >= 0.3 is 6.18 Å². The van der Waals surface area contributed by atoms with Crippen LogP contribution < -0.4 is 5.32 Å². The molecule has 3 nitrogen and oxygen atoms in total. The van der Waals surface area contributed by atoms with Crippen LogP contribution in [0.2, 0.25) is 0 Å². The van der Waals surface area contributed by atoms with Gasteiger partial charge in [0.2, 0.25) is 0 Å². The van der Waals surface area contributed by atoms with E-state index in [0.717, 1.165) is 44.0 Å². The maximum atomic E-state index is 12.7. The Morgan fingerprint density at radius 3 is 2.86 bits per heavy atom. The quantitative estimate of drug-likeness (QED) is 0.922. The molecule has 2 rings (SSSR count). The summed E-state index contributed by atoms with van der Waals surface area (Å²) in [6.07, 6.45) is 0.253. The third-order valence-corrected chi connectivity index (χ3v) is 5.46. The van der Waals surface area contributed by atoms with Gasteiger partial charge in [-0.3, -0.25) is 4.21 Å². The molecule has 1 aromatic rings. The first kappa shape index (κ1) is 16.3. The van der Waals surface area contributed by atoms with Gasteiger partial charge in [0.05, 0.1) is 5.56 Å². The number of hydrogen-bond donors (Lipinski definition) is 1. The van der Waals surface area contributed by atoms with Gasteiger partial charge in [-0.05, 0) is 31.4 Å². The summed E-state index contributed by atoms with van der Waals surface area (Å²) in [5.41, 5.74) is -0.704. The molecule has 1 aromatic heterocycles. The third-order valence-electron chi connectivity index (χ3n) is 3.72. The van der Waals surface area contributed by atoms with Crippen molar-refractivity contribution in [3.63, 3.8) is 0 Å². The molecule has 1 heterocycles. The molecule has 118 valence electrons. The van der Waals surface area contributed by atoms with Crippen LogP contribution in [0.4, 0.5) is 19.0 Å². The molecule has 1 aliphatic carbocycles. The summed E-state index contributed by atoms with van der Waals surface area (Å²) in [6, 6.07) is 2.02. The summed E-state index contributed by atoms with van der Waals surface area (Å²) in [5.74, 6) is 0.858. The molecular formula is C14H19F3N2OS. The van der Waals surface area contributed by atoms with Gasteiger partial charge in [0.15, 0.2) is 0 Å². The minimum atomic E-state index is -4.36. The zero-order valence-electron chi connectivity index (χ0n) is 11.8. The van der Waals surface area contributed by atoms with Gasteiger partial charge in [-0.25, -0.2) is 4.98 Å². The number of nitrogens with zero attached hydrogens (tertiary/aromatic N) is 1. The Hall–Kier alpha value is -1.11. The highest BCUT2D eigenvalue weighted by Crippen LogP contribution is 2.31. The van der Waals surface area contributed by atoms with Crippen molar-refractivity contribution in [1.29, 1.82) is 0 Å². The van der Waals surface area contributed by atoms with E-state index in [1.807, 2.05) is 6.92 Å². The van der Waals surface area contributed by atoms with Gasteiger partial charge in [0.25, 0.3) is 0 Å². The van der Waals surface area contributed by atoms with Crippen molar-refractivity contribution in [3.8, 4) is 0 Å². The fraction of sp³-hybridized carbons (Fsp3) is 0.643. The van der Waals surface area contributed by atoms with Crippen molar-refractivity contribution in [2.24, 2.45) is 0 Å². The first-order valence-electron chi connectivity index (χ1n) is 7.07. The lowest BCUT2D eigenvalue weighted by atomic mass is 9.95. The molecule has 1 fully saturated rings. The largest absolute Gasteiger partial charge is 0.416 e. The average molecular weight is 320 g/mol. The van der Waals surface area contributed by atoms with Crippen LogP contribution in [0.1, 0.15) is 38.2 Å². The SMILES string of the molecule is CCS(=O)C1CCCC(Nc2cc(C(F)(F)F)ccn2)C1. The number of pyridine rings is 1. The Morgan fingerprint density at radius 2 is 2.19 bits per heavy atom. The van der Waals surface area contributed by atoms with Gasteiger partial charge in [0, 0.05) is 34.0 Å². The summed E-state index contributed by atoms with van der Waals surface area (Å²) in [7, 11) is -0.851. The molecule has 1 saturated carbocycles. The molecule has 0 aliphatic heterocycles. The van der Waals surface area contributed by atoms with Gasteiger partial charge < -0.3 is 5.32 Å². The highest BCUT2D eigenvalue weighted by atomic mass is 32.2. The smallest absolute Gasteiger partial charge is 0.367 e. The van der Waals surface area contributed by atoms with Crippen LogP contribution in [-0.2, 0) is 17.0 Å². The van der Waals surface area contributed by atoms with Gasteiger partial charge in [0.1, 0.15) is 5.82 Å². The molecule has 1 aliphatic rings. The molecule has 0 aromatic carbocycles. The highest BCUT2D eigenvalue weighted by Gasteiger charge is 2.31. The van der Waals surface area contributed by atoms with Crippen LogP contribution in [0, 0.1) is 0 Å². The molecule has 0 spiro atoms. The van der Waals surface area contributed by atoms with E-state index in [0.29, 0.717) is 5.75 Å². The fourth-order valence-electron chi connectivity index (χ4n) is 2.65. The molecule has 21 heavy (non-hydrogen) atoms. The second kappa shape index (κ2) is 6.77. The van der Waals surface area contributed by atoms with Crippen molar-refractivity contribution in [3.05, 3.63) is 23.9 Å². The first-order valence-corrected chi connectivity index (χ1v) is 8.45. The van der Waals surface area contributed by atoms with Crippen LogP contribution >= 0.6 is 0 Å². The number of nitrogens with one attached hydrogen (secondary N) is 1. The summed E-state index contributed by atoms with van der Waals surface area (Å²) in [6.45, 7) is 1.89. The lowest BCUT2D eigenvalue weighted by Crippen LogP contribution is -2.33. The van der Waals surface area contributed by atoms with Crippen LogP contribution in [0.25, 0.3) is 0 Å². The Labute approximate surface area is 124 Å². The Bertz CT molecular complexity index is 507. The average Bonchev–Trinajstić information content (AvgIpc) is 2.46. The minimum absolute atomic E-state index is 0.0373. The first-order chi connectivity index (χ1) is 9.90. The van der Waals surface area contributed by atoms with E-state index in [9.17, 15) is 17.4 Å². The van der Waals surface area contributed by atoms with E-state index in [1.165, 1.54) is 0 Å². The zero-order valence-corrected chi connectivity index (χ0v) is 12.6. The summed E-state index contributed by atoms with van der Waals surface area (Å²) >= 11 is 0. The molecule has 0 amide bonds. The Morgan fingerprint density at radius 1 is 1.43 bits per heavy atom. The third kappa shape index (κ3) is 4.43. The number of hydrogen-bond acceptors (Lipinski definition) is 3. The predicted octanol–water partition coefficient (Wildman–Crippen LogP) is 3.59. The number of halogens is 3. The Kier molecular flexibility index (Phi) is 5.24. The number of rotatable bonds is 4. The normalized spacial score (nSPS) is 24.6. The molecule has 0 saturated heterocycles. The number of alkyl halides is 3. The maximum absolute atomic E-state index is 12.7. The highest BCUT2D eigenvalue weighted by molar-refractivity contribution is 7.85. The molecule has 7 heteroatoms. The van der Waals surface area contributed by atoms with Crippen LogP contribution in [-0.4, -0.2) is 26.2 Å². The number of aromatic nitrogens is 1. The van der Waals surface area contributed by atoms with Crippen molar-refractivity contribution >= 4 is 16.6 Å². The summed E-state index contributed by atoms with van der Waals surface area (Å²) in [5, 5.41) is 3.19. The van der Waals surface area contributed by atoms with Crippen molar-refractivity contribution in [1.82, 2.24) is 4.98 Å². The predicted molar refractivity (Wildman–Crippen MR) is 77.6 cm³/mol. The van der Waals surface area contributed by atoms with E-state index < -0.39 is 22.5 Å². The molecule has 3 unspecified atom stereocenters. The zero-order chi connectivity index (χ0) is 15.5. The Balaban J connectivity index is 2.03. The lowest BCUT2D eigenvalue weighted by molar-refractivity contribution is -0.137. The summed E-state index contributed by atoms with van der Waals surface area (Å²) in [4.78, 5) is 3.95. The van der Waals surface area contributed by atoms with E-state index in [-0.39, 0.29) is 17.1 Å². The van der Waals surface area contributed by atoms with Crippen LogP contribution in [0.15, 0.2) is 18.3 Å². The standard InChI is InChI=1S/C14H19F3N2OS/c1-2-21(20)12-5-3-4-11(9-12)19-13-8-10(6-7-18-13)14(15,16)17/h6-8,11-12H,2-5,9H2,1H3,(H,18,19). The van der Waals surface area contributed by atoms with Crippen molar-refractivity contribution < 1.29 is 17.4 Å². The van der Waals surface area contributed by atoms with E-state index in [2.05, 4.69) is 10.3 Å². The fourth-order valence-corrected chi connectivity index (χ4v) is 3.99. The van der Waals surface area contributed by atoms with E-state index in [1.54, 1.807) is 0 Å². The van der Waals surface area contributed by atoms with Crippen molar-refractivity contribution in [2.75, 3.05) is 11.1 Å². The molecule has 0 bridgehead atoms. The lowest BCUT2D eigenvalue weighted by Gasteiger charge is -2.29. The molecule has 3 atom stereocenters. The topological polar surface area (TPSA) is 42.0 Å². The number of anilines is 1. The minimum Gasteiger partial charge on any atom is -0.367 e. The maximum Gasteiger partial charge on any atom is 0.416 e. The van der Waals surface area contributed by atoms with Crippen LogP contribution in [0.3, 0.4) is 0 Å². The molecule has 1 N–H and O–H groups in total.